The molecule has 2 rings (SSSR count). The molecule has 0 saturated carbocycles. The van der Waals surface area contributed by atoms with Crippen molar-refractivity contribution in [3.05, 3.63) is 35.9 Å². The van der Waals surface area contributed by atoms with E-state index in [0.717, 1.165) is 5.56 Å². The number of carbonyl (C=O) groups is 5. The molecule has 4 N–H and O–H groups in total. The fourth-order valence-corrected chi connectivity index (χ4v) is 7.29. The molecule has 51 heavy (non-hydrogen) atoms. The number of ether oxygens (including phenoxy) is 2. The Hall–Kier alpha value is -3.55. The van der Waals surface area contributed by atoms with Crippen molar-refractivity contribution >= 4 is 29.6 Å². The zero-order chi connectivity index (χ0) is 38.6. The molecule has 0 aliphatic carbocycles. The van der Waals surface area contributed by atoms with Gasteiger partial charge in [0.25, 0.3) is 0 Å². The Balaban J connectivity index is 2.22. The highest BCUT2D eigenvalue weighted by molar-refractivity contribution is 5.90. The van der Waals surface area contributed by atoms with Crippen molar-refractivity contribution in [2.45, 2.75) is 117 Å². The second-order valence-electron chi connectivity index (χ2n) is 14.8. The van der Waals surface area contributed by atoms with E-state index in [1.165, 1.54) is 14.2 Å². The van der Waals surface area contributed by atoms with E-state index in [-0.39, 0.29) is 48.3 Å². The van der Waals surface area contributed by atoms with E-state index < -0.39 is 60.2 Å². The van der Waals surface area contributed by atoms with Gasteiger partial charge in [-0.05, 0) is 43.2 Å². The number of carboxylic acids is 1. The van der Waals surface area contributed by atoms with Gasteiger partial charge in [-0.2, -0.15) is 0 Å². The number of carbonyl (C=O) groups excluding carboxylic acids is 4. The summed E-state index contributed by atoms with van der Waals surface area (Å²) < 4.78 is 11.8. The first kappa shape index (κ1) is 43.6. The van der Waals surface area contributed by atoms with Gasteiger partial charge in [0, 0.05) is 34.2 Å². The minimum absolute atomic E-state index is 0.0173. The van der Waals surface area contributed by atoms with Crippen LogP contribution in [0.5, 0.6) is 0 Å². The van der Waals surface area contributed by atoms with Gasteiger partial charge >= 0.3 is 5.97 Å². The maximum Gasteiger partial charge on any atom is 0.326 e. The molecule has 0 bridgehead atoms. The van der Waals surface area contributed by atoms with Crippen LogP contribution in [-0.4, -0.2) is 122 Å². The summed E-state index contributed by atoms with van der Waals surface area (Å²) in [5, 5.41) is 18.5. The van der Waals surface area contributed by atoms with E-state index in [9.17, 15) is 29.1 Å². The molecule has 1 aliphatic heterocycles. The Morgan fingerprint density at radius 1 is 0.882 bits per heavy atom. The van der Waals surface area contributed by atoms with Gasteiger partial charge in [0.1, 0.15) is 12.1 Å². The Morgan fingerprint density at radius 3 is 1.98 bits per heavy atom. The van der Waals surface area contributed by atoms with Crippen molar-refractivity contribution in [3.8, 4) is 0 Å². The standard InChI is InChI=1S/C38H63N5O8/c1-22(2)31(39-8)36(46)41-32(23(3)4)37(47)42(9)33(24(5)6)29(50-10)21-30(44)43-19-15-18-28(43)34(51-11)25(7)35(45)40-27(38(48)49)20-26-16-13-12-14-17-26/h12-14,16-17,22-25,27-29,31-34,39H,15,18-21H2,1-11H3,(H,40,45)(H,41,46)(H,48,49). The number of methoxy groups -OCH3 is 2. The van der Waals surface area contributed by atoms with Crippen LogP contribution in [0.25, 0.3) is 0 Å². The predicted molar refractivity (Wildman–Crippen MR) is 196 cm³/mol. The van der Waals surface area contributed by atoms with Crippen molar-refractivity contribution in [1.29, 1.82) is 0 Å². The second-order valence-corrected chi connectivity index (χ2v) is 14.8. The van der Waals surface area contributed by atoms with Crippen molar-refractivity contribution < 1.29 is 38.6 Å². The molecular weight excluding hydrogens is 654 g/mol. The lowest BCUT2D eigenvalue weighted by atomic mass is 9.91. The largest absolute Gasteiger partial charge is 0.480 e. The molecule has 8 atom stereocenters. The number of benzene rings is 1. The summed E-state index contributed by atoms with van der Waals surface area (Å²) in [4.78, 5) is 69.9. The SMILES string of the molecule is CNC(C(=O)NC(C(=O)N(C)C(C(C)C)C(CC(=O)N1CCCC1C(OC)C(C)C(=O)NC(Cc1ccccc1)C(=O)O)OC)C(C)C)C(C)C. The van der Waals surface area contributed by atoms with Crippen LogP contribution in [0.4, 0.5) is 0 Å². The highest BCUT2D eigenvalue weighted by atomic mass is 16.5. The summed E-state index contributed by atoms with van der Waals surface area (Å²) in [7, 11) is 6.42. The van der Waals surface area contributed by atoms with E-state index in [1.807, 2.05) is 71.9 Å². The Kier molecular flexibility index (Phi) is 17.5. The van der Waals surface area contributed by atoms with Crippen LogP contribution >= 0.6 is 0 Å². The smallest absolute Gasteiger partial charge is 0.326 e. The molecule has 13 heteroatoms. The van der Waals surface area contributed by atoms with Gasteiger partial charge < -0.3 is 40.3 Å². The molecule has 1 aromatic carbocycles. The third-order valence-corrected chi connectivity index (χ3v) is 10.1. The number of rotatable bonds is 20. The highest BCUT2D eigenvalue weighted by Crippen LogP contribution is 2.29. The van der Waals surface area contributed by atoms with Gasteiger partial charge in [0.05, 0.1) is 42.7 Å². The molecule has 1 saturated heterocycles. The lowest BCUT2D eigenvalue weighted by Gasteiger charge is -2.40. The number of likely N-dealkylation sites (tertiary alicyclic amines) is 1. The van der Waals surface area contributed by atoms with Crippen LogP contribution in [0, 0.1) is 23.7 Å². The van der Waals surface area contributed by atoms with E-state index in [0.29, 0.717) is 19.4 Å². The molecule has 13 nitrogen and oxygen atoms in total. The Bertz CT molecular complexity index is 1290. The lowest BCUT2D eigenvalue weighted by molar-refractivity contribution is -0.148. The topological polar surface area (TPSA) is 167 Å². The zero-order valence-electron chi connectivity index (χ0n) is 32.5. The van der Waals surface area contributed by atoms with Gasteiger partial charge in [0.2, 0.25) is 23.6 Å². The number of aliphatic carboxylic acids is 1. The fraction of sp³-hybridized carbons (Fsp3) is 0.711. The maximum absolute atomic E-state index is 14.0. The summed E-state index contributed by atoms with van der Waals surface area (Å²) in [5.74, 6) is -3.34. The maximum atomic E-state index is 14.0. The second kappa shape index (κ2) is 20.5. The van der Waals surface area contributed by atoms with E-state index >= 15 is 0 Å². The quantitative estimate of drug-likeness (QED) is 0.159. The summed E-state index contributed by atoms with van der Waals surface area (Å²) in [6, 6.07) is 5.81. The fourth-order valence-electron chi connectivity index (χ4n) is 7.29. The monoisotopic (exact) mass is 717 g/mol. The molecule has 0 aromatic heterocycles. The summed E-state index contributed by atoms with van der Waals surface area (Å²) in [6.07, 6.45) is 0.0867. The van der Waals surface area contributed by atoms with Gasteiger partial charge in [-0.25, -0.2) is 4.79 Å². The molecule has 1 heterocycles. The van der Waals surface area contributed by atoms with Crippen LogP contribution in [-0.2, 0) is 39.9 Å². The number of nitrogens with zero attached hydrogens (tertiary/aromatic N) is 2. The molecule has 8 unspecified atom stereocenters. The van der Waals surface area contributed by atoms with E-state index in [2.05, 4.69) is 16.0 Å². The number of hydrogen-bond donors (Lipinski definition) is 4. The first-order chi connectivity index (χ1) is 24.0. The Morgan fingerprint density at radius 2 is 1.49 bits per heavy atom. The minimum Gasteiger partial charge on any atom is -0.480 e. The number of nitrogens with one attached hydrogen (secondary N) is 3. The van der Waals surface area contributed by atoms with Gasteiger partial charge in [-0.15, -0.1) is 0 Å². The number of hydrogen-bond acceptors (Lipinski definition) is 8. The van der Waals surface area contributed by atoms with Gasteiger partial charge in [-0.3, -0.25) is 19.2 Å². The van der Waals surface area contributed by atoms with Crippen LogP contribution in [0.15, 0.2) is 30.3 Å². The molecule has 0 radical (unpaired) electrons. The molecule has 288 valence electrons. The van der Waals surface area contributed by atoms with Gasteiger partial charge in [-0.1, -0.05) is 78.8 Å². The normalized spacial score (nSPS) is 18.9. The molecule has 4 amide bonds. The van der Waals surface area contributed by atoms with Crippen LogP contribution in [0.2, 0.25) is 0 Å². The zero-order valence-corrected chi connectivity index (χ0v) is 32.5. The Labute approximate surface area is 304 Å². The molecule has 1 aromatic rings. The molecule has 1 aliphatic rings. The van der Waals surface area contributed by atoms with Crippen molar-refractivity contribution in [2.75, 3.05) is 34.9 Å². The third-order valence-electron chi connectivity index (χ3n) is 10.1. The van der Waals surface area contributed by atoms with Crippen molar-refractivity contribution in [3.63, 3.8) is 0 Å². The number of carboxylic acid groups (broad SMARTS) is 1. The average molecular weight is 718 g/mol. The highest BCUT2D eigenvalue weighted by Gasteiger charge is 2.43. The summed E-state index contributed by atoms with van der Waals surface area (Å²) in [5.41, 5.74) is 0.784. The third kappa shape index (κ3) is 11.7. The van der Waals surface area contributed by atoms with E-state index in [4.69, 9.17) is 9.47 Å². The first-order valence-corrected chi connectivity index (χ1v) is 18.2. The van der Waals surface area contributed by atoms with Crippen LogP contribution in [0.1, 0.15) is 73.3 Å². The number of likely N-dealkylation sites (N-methyl/N-ethyl adjacent to an activating group) is 2. The van der Waals surface area contributed by atoms with Crippen molar-refractivity contribution in [2.24, 2.45) is 23.7 Å². The molecular formula is C38H63N5O8. The lowest BCUT2D eigenvalue weighted by Crippen LogP contribution is -2.59. The van der Waals surface area contributed by atoms with Gasteiger partial charge in [0.15, 0.2) is 0 Å². The average Bonchev–Trinajstić information content (AvgIpc) is 3.56. The minimum atomic E-state index is -1.14. The van der Waals surface area contributed by atoms with Crippen molar-refractivity contribution in [1.82, 2.24) is 25.8 Å². The molecule has 1 fully saturated rings. The van der Waals surface area contributed by atoms with E-state index in [1.54, 1.807) is 30.8 Å². The predicted octanol–water partition coefficient (Wildman–Crippen LogP) is 2.71. The van der Waals surface area contributed by atoms with Crippen LogP contribution < -0.4 is 16.0 Å². The molecule has 0 spiro atoms. The van der Waals surface area contributed by atoms with Crippen LogP contribution in [0.3, 0.4) is 0 Å². The number of amides is 4. The first-order valence-electron chi connectivity index (χ1n) is 18.2. The summed E-state index contributed by atoms with van der Waals surface area (Å²) in [6.45, 7) is 13.7. The summed E-state index contributed by atoms with van der Waals surface area (Å²) >= 11 is 0.